The summed E-state index contributed by atoms with van der Waals surface area (Å²) >= 11 is 1.27. The van der Waals surface area contributed by atoms with Crippen molar-refractivity contribution in [2.45, 2.75) is 23.9 Å². The van der Waals surface area contributed by atoms with E-state index in [-0.39, 0.29) is 16.4 Å². The lowest BCUT2D eigenvalue weighted by Gasteiger charge is -2.26. The number of carbonyl (C=O) groups excluding carboxylic acids is 1. The number of aryl methyl sites for hydroxylation is 2. The van der Waals surface area contributed by atoms with Gasteiger partial charge in [-0.15, -0.1) is 5.10 Å². The molecule has 0 radical (unpaired) electrons. The van der Waals surface area contributed by atoms with Crippen LogP contribution in [0.3, 0.4) is 0 Å². The van der Waals surface area contributed by atoms with E-state index in [9.17, 15) is 13.2 Å². The standard InChI is InChI=1S/C20H24N6O4S2/c1-14-11-18(19(27)13-31-20-21-22-23-24(20)3)15(2)26(14)16-5-4-6-17(12-16)32(28,29)25-7-9-30-10-8-25/h4-6,11-12H,7-10,13H2,1-3H3. The normalized spacial score (nSPS) is 15.2. The Balaban J connectivity index is 1.60. The minimum absolute atomic E-state index is 0.0468. The van der Waals surface area contributed by atoms with Gasteiger partial charge in [0.2, 0.25) is 15.2 Å². The lowest BCUT2D eigenvalue weighted by Crippen LogP contribution is -2.40. The number of morpholine rings is 1. The van der Waals surface area contributed by atoms with Crippen molar-refractivity contribution in [3.05, 3.63) is 47.3 Å². The number of aromatic nitrogens is 5. The molecule has 1 fully saturated rings. The average Bonchev–Trinajstić information content (AvgIpc) is 3.34. The fraction of sp³-hybridized carbons (Fsp3) is 0.400. The third-order valence-electron chi connectivity index (χ3n) is 5.33. The van der Waals surface area contributed by atoms with Crippen molar-refractivity contribution in [3.8, 4) is 5.69 Å². The molecular formula is C20H24N6O4S2. The molecule has 2 aromatic heterocycles. The summed E-state index contributed by atoms with van der Waals surface area (Å²) in [4.78, 5) is 13.1. The van der Waals surface area contributed by atoms with Crippen molar-refractivity contribution < 1.29 is 17.9 Å². The molecule has 1 aromatic carbocycles. The highest BCUT2D eigenvalue weighted by Crippen LogP contribution is 2.26. The van der Waals surface area contributed by atoms with Crippen molar-refractivity contribution in [1.29, 1.82) is 0 Å². The topological polar surface area (TPSA) is 112 Å². The molecule has 0 atom stereocenters. The van der Waals surface area contributed by atoms with Crippen LogP contribution in [-0.2, 0) is 21.8 Å². The summed E-state index contributed by atoms with van der Waals surface area (Å²) in [5.74, 6) is 0.152. The van der Waals surface area contributed by atoms with Gasteiger partial charge in [0.25, 0.3) is 0 Å². The summed E-state index contributed by atoms with van der Waals surface area (Å²) in [5, 5.41) is 11.8. The molecule has 1 aliphatic rings. The number of hydrogen-bond donors (Lipinski definition) is 0. The molecule has 3 aromatic rings. The number of nitrogens with zero attached hydrogens (tertiary/aromatic N) is 6. The van der Waals surface area contributed by atoms with Gasteiger partial charge >= 0.3 is 0 Å². The van der Waals surface area contributed by atoms with Crippen LogP contribution in [0.2, 0.25) is 0 Å². The second-order valence-corrected chi connectivity index (χ2v) is 10.3. The second kappa shape index (κ2) is 9.14. The van der Waals surface area contributed by atoms with Gasteiger partial charge in [-0.2, -0.15) is 4.31 Å². The van der Waals surface area contributed by atoms with Gasteiger partial charge in [0.1, 0.15) is 0 Å². The SMILES string of the molecule is Cc1cc(C(=O)CSc2nnnn2C)c(C)n1-c1cccc(S(=O)(=O)N2CCOCC2)c1. The number of rotatable bonds is 7. The summed E-state index contributed by atoms with van der Waals surface area (Å²) in [7, 11) is -1.90. The summed E-state index contributed by atoms with van der Waals surface area (Å²) in [5.41, 5.74) is 2.88. The molecule has 1 saturated heterocycles. The lowest BCUT2D eigenvalue weighted by molar-refractivity contribution is 0.0730. The van der Waals surface area contributed by atoms with E-state index in [0.717, 1.165) is 11.4 Å². The summed E-state index contributed by atoms with van der Waals surface area (Å²) < 4.78 is 36.3. The zero-order valence-corrected chi connectivity index (χ0v) is 19.7. The molecule has 0 bridgehead atoms. The second-order valence-electron chi connectivity index (χ2n) is 7.43. The highest BCUT2D eigenvalue weighted by molar-refractivity contribution is 7.99. The zero-order valence-electron chi connectivity index (χ0n) is 18.1. The molecule has 0 saturated carbocycles. The van der Waals surface area contributed by atoms with Crippen molar-refractivity contribution in [2.24, 2.45) is 7.05 Å². The van der Waals surface area contributed by atoms with E-state index >= 15 is 0 Å². The third-order valence-corrected chi connectivity index (χ3v) is 8.23. The molecule has 0 spiro atoms. The highest BCUT2D eigenvalue weighted by Gasteiger charge is 2.27. The maximum Gasteiger partial charge on any atom is 0.243 e. The van der Waals surface area contributed by atoms with Gasteiger partial charge in [-0.1, -0.05) is 17.8 Å². The molecule has 32 heavy (non-hydrogen) atoms. The predicted octanol–water partition coefficient (Wildman–Crippen LogP) is 1.61. The van der Waals surface area contributed by atoms with E-state index in [0.29, 0.717) is 42.7 Å². The van der Waals surface area contributed by atoms with Crippen molar-refractivity contribution in [3.63, 3.8) is 0 Å². The summed E-state index contributed by atoms with van der Waals surface area (Å²) in [6.45, 7) is 5.22. The first kappa shape index (κ1) is 22.6. The number of ketones is 1. The maximum atomic E-state index is 13.1. The smallest absolute Gasteiger partial charge is 0.243 e. The Labute approximate surface area is 190 Å². The Morgan fingerprint density at radius 1 is 1.19 bits per heavy atom. The van der Waals surface area contributed by atoms with Crippen LogP contribution >= 0.6 is 11.8 Å². The number of sulfonamides is 1. The van der Waals surface area contributed by atoms with Crippen LogP contribution in [-0.4, -0.2) is 75.3 Å². The molecule has 12 heteroatoms. The van der Waals surface area contributed by atoms with E-state index in [1.54, 1.807) is 25.2 Å². The predicted molar refractivity (Wildman–Crippen MR) is 119 cm³/mol. The number of hydrogen-bond acceptors (Lipinski definition) is 8. The number of benzene rings is 1. The van der Waals surface area contributed by atoms with Crippen LogP contribution in [0.15, 0.2) is 40.4 Å². The average molecular weight is 477 g/mol. The van der Waals surface area contributed by atoms with Crippen molar-refractivity contribution >= 4 is 27.6 Å². The van der Waals surface area contributed by atoms with Crippen molar-refractivity contribution in [2.75, 3.05) is 32.1 Å². The summed E-state index contributed by atoms with van der Waals surface area (Å²) in [6.07, 6.45) is 0. The fourth-order valence-electron chi connectivity index (χ4n) is 3.71. The number of carbonyl (C=O) groups is 1. The number of Topliss-reactive ketones (excluding diaryl/α,β-unsaturated/α-hetero) is 1. The number of ether oxygens (including phenoxy) is 1. The minimum Gasteiger partial charge on any atom is -0.379 e. The van der Waals surface area contributed by atoms with Crippen LogP contribution in [0.4, 0.5) is 0 Å². The molecule has 0 amide bonds. The highest BCUT2D eigenvalue weighted by atomic mass is 32.2. The van der Waals surface area contributed by atoms with Crippen LogP contribution in [0.5, 0.6) is 0 Å². The number of tetrazole rings is 1. The van der Waals surface area contributed by atoms with Crippen molar-refractivity contribution in [1.82, 2.24) is 29.1 Å². The number of thioether (sulfide) groups is 1. The Hall–Kier alpha value is -2.54. The molecule has 0 aliphatic carbocycles. The Morgan fingerprint density at radius 3 is 2.62 bits per heavy atom. The van der Waals surface area contributed by atoms with E-state index in [2.05, 4.69) is 15.5 Å². The van der Waals surface area contributed by atoms with Gasteiger partial charge in [-0.25, -0.2) is 13.1 Å². The molecule has 3 heterocycles. The van der Waals surface area contributed by atoms with Crippen LogP contribution in [0.1, 0.15) is 21.7 Å². The molecule has 0 unspecified atom stereocenters. The monoisotopic (exact) mass is 476 g/mol. The Morgan fingerprint density at radius 2 is 1.94 bits per heavy atom. The van der Waals surface area contributed by atoms with Crippen LogP contribution < -0.4 is 0 Å². The van der Waals surface area contributed by atoms with Gasteiger partial charge in [-0.05, 0) is 48.5 Å². The van der Waals surface area contributed by atoms with E-state index in [1.165, 1.54) is 20.7 Å². The van der Waals surface area contributed by atoms with Gasteiger partial charge in [0.05, 0.1) is 23.9 Å². The first-order valence-corrected chi connectivity index (χ1v) is 12.5. The molecular weight excluding hydrogens is 452 g/mol. The molecule has 0 N–H and O–H groups in total. The maximum absolute atomic E-state index is 13.1. The fourth-order valence-corrected chi connectivity index (χ4v) is 5.89. The van der Waals surface area contributed by atoms with Gasteiger partial charge in [0.15, 0.2) is 5.78 Å². The van der Waals surface area contributed by atoms with Gasteiger partial charge in [0, 0.05) is 42.8 Å². The van der Waals surface area contributed by atoms with Gasteiger partial charge in [-0.3, -0.25) is 4.79 Å². The molecule has 1 aliphatic heterocycles. The largest absolute Gasteiger partial charge is 0.379 e. The third kappa shape index (κ3) is 4.35. The minimum atomic E-state index is -3.62. The molecule has 170 valence electrons. The van der Waals surface area contributed by atoms with Crippen LogP contribution in [0, 0.1) is 13.8 Å². The van der Waals surface area contributed by atoms with Crippen LogP contribution in [0.25, 0.3) is 5.69 Å². The summed E-state index contributed by atoms with van der Waals surface area (Å²) in [6, 6.07) is 8.64. The van der Waals surface area contributed by atoms with Gasteiger partial charge < -0.3 is 9.30 Å². The lowest BCUT2D eigenvalue weighted by atomic mass is 10.2. The quantitative estimate of drug-likeness (QED) is 0.373. The van der Waals surface area contributed by atoms with E-state index in [4.69, 9.17) is 4.74 Å². The zero-order chi connectivity index (χ0) is 22.9. The van der Waals surface area contributed by atoms with E-state index in [1.807, 2.05) is 30.5 Å². The molecule has 4 rings (SSSR count). The molecule has 10 nitrogen and oxygen atoms in total. The Kier molecular flexibility index (Phi) is 6.47. The first-order chi connectivity index (χ1) is 15.3. The Bertz CT molecular complexity index is 1240. The first-order valence-electron chi connectivity index (χ1n) is 10.0. The van der Waals surface area contributed by atoms with E-state index < -0.39 is 10.0 Å².